The van der Waals surface area contributed by atoms with E-state index in [1.165, 1.54) is 12.1 Å². The molecule has 0 aliphatic carbocycles. The Kier molecular flexibility index (Phi) is 14.6. The first kappa shape index (κ1) is 46.3. The van der Waals surface area contributed by atoms with Gasteiger partial charge in [0.2, 0.25) is 15.9 Å². The van der Waals surface area contributed by atoms with Crippen molar-refractivity contribution in [3.63, 3.8) is 0 Å². The van der Waals surface area contributed by atoms with Gasteiger partial charge >= 0.3 is 0 Å². The van der Waals surface area contributed by atoms with Gasteiger partial charge in [0.05, 0.1) is 29.3 Å². The zero-order chi connectivity index (χ0) is 45.6. The lowest BCUT2D eigenvalue weighted by Crippen LogP contribution is -2.49. The Morgan fingerprint density at radius 3 is 2.12 bits per heavy atom. The molecule has 12 heteroatoms. The second-order valence-corrected chi connectivity index (χ2v) is 19.5. The van der Waals surface area contributed by atoms with E-state index in [1.807, 2.05) is 134 Å². The molecule has 2 saturated heterocycles. The van der Waals surface area contributed by atoms with Crippen LogP contribution < -0.4 is 10.0 Å². The van der Waals surface area contributed by atoms with Crippen LogP contribution in [-0.2, 0) is 49.5 Å². The lowest BCUT2D eigenvalue weighted by atomic mass is 9.84. The fourth-order valence-electron chi connectivity index (χ4n) is 8.75. The van der Waals surface area contributed by atoms with Crippen molar-refractivity contribution in [1.82, 2.24) is 14.9 Å². The Bertz CT molecular complexity index is 2620. The highest BCUT2D eigenvalue weighted by atomic mass is 35.5. The predicted octanol–water partition coefficient (Wildman–Crippen LogP) is 8.79. The van der Waals surface area contributed by atoms with Crippen LogP contribution in [0.4, 0.5) is 0 Å². The van der Waals surface area contributed by atoms with Crippen LogP contribution in [0.15, 0.2) is 157 Å². The molecule has 0 radical (unpaired) electrons. The highest BCUT2D eigenvalue weighted by Crippen LogP contribution is 2.43. The van der Waals surface area contributed by atoms with Crippen LogP contribution in [-0.4, -0.2) is 61.2 Å². The summed E-state index contributed by atoms with van der Waals surface area (Å²) in [5.41, 5.74) is 7.23. The van der Waals surface area contributed by atoms with Gasteiger partial charge in [-0.05, 0) is 95.5 Å². The summed E-state index contributed by atoms with van der Waals surface area (Å²) in [4.78, 5) is 16.2. The molecule has 5 atom stereocenters. The quantitative estimate of drug-likeness (QED) is 0.0803. The molecule has 0 bridgehead atoms. The van der Waals surface area contributed by atoms with Crippen molar-refractivity contribution in [2.45, 2.75) is 81.3 Å². The third-order valence-corrected chi connectivity index (χ3v) is 14.5. The summed E-state index contributed by atoms with van der Waals surface area (Å²) in [7, 11) is -3.98. The van der Waals surface area contributed by atoms with Crippen LogP contribution in [0, 0.1) is 12.8 Å². The highest BCUT2D eigenvalue weighted by Gasteiger charge is 2.41. The third kappa shape index (κ3) is 11.4. The molecule has 4 N–H and O–H groups in total. The molecule has 2 aliphatic rings. The summed E-state index contributed by atoms with van der Waals surface area (Å²) >= 11 is 6.13. The Hall–Kier alpha value is -5.21. The highest BCUT2D eigenvalue weighted by molar-refractivity contribution is 7.89. The molecule has 0 spiro atoms. The van der Waals surface area contributed by atoms with E-state index in [-0.39, 0.29) is 42.6 Å². The zero-order valence-electron chi connectivity index (χ0n) is 36.6. The number of carbonyl (C=O) groups excluding carboxylic acids is 1. The molecular formula is C53H56ClN3O7S. The molecular weight excluding hydrogens is 858 g/mol. The van der Waals surface area contributed by atoms with Crippen LogP contribution in [0.3, 0.4) is 0 Å². The molecule has 0 aromatic heterocycles. The maximum absolute atomic E-state index is 13.7. The summed E-state index contributed by atoms with van der Waals surface area (Å²) in [6.07, 6.45) is 0.303. The SMILES string of the molecule is Cc1ccc(S(=O)(=O)N[C@H](Cc2ccccc2)C(=O)NCc2cccc(-c3ccc([C@H]4O[C@@H](CN5CCC(O)(c6ccc(Cl)cc6)CC5)[C@@H](C)[C@@H](c5ccc(CO)cc5)O4)cc3)c2)cc1. The molecule has 2 aliphatic heterocycles. The van der Waals surface area contributed by atoms with Crippen molar-refractivity contribution in [3.05, 3.63) is 196 Å². The van der Waals surface area contributed by atoms with Crippen molar-refractivity contribution in [2.75, 3.05) is 19.6 Å². The lowest BCUT2D eigenvalue weighted by Gasteiger charge is -2.45. The summed E-state index contributed by atoms with van der Waals surface area (Å²) in [5.74, 6) is -0.422. The smallest absolute Gasteiger partial charge is 0.241 e. The summed E-state index contributed by atoms with van der Waals surface area (Å²) in [6.45, 7) is 6.31. The number of sulfonamides is 1. The average Bonchev–Trinajstić information content (AvgIpc) is 3.32. The number of ether oxygens (including phenoxy) is 2. The number of piperidine rings is 1. The first-order valence-electron chi connectivity index (χ1n) is 22.2. The zero-order valence-corrected chi connectivity index (χ0v) is 38.2. The van der Waals surface area contributed by atoms with Gasteiger partial charge in [0, 0.05) is 42.7 Å². The standard InChI is InChI=1S/C53H56ClN3O7S/c1-36-11-25-47(26-12-36)65(61,62)56-48(32-38-7-4-3-5-8-38)51(59)55-33-40-9-6-10-44(31-40)41-17-19-43(20-18-41)52-63-49(37(2)50(64-52)42-15-13-39(35-58)14-16-42)34-57-29-27-53(60,28-30-57)45-21-23-46(54)24-22-45/h3-26,31,37,48-50,52,56,58,60H,27-30,32-35H2,1-2H3,(H,55,59)/t37-,48-,49+,50+,52+/m1/s1. The van der Waals surface area contributed by atoms with Crippen molar-refractivity contribution in [2.24, 2.45) is 5.92 Å². The molecule has 2 heterocycles. The molecule has 0 unspecified atom stereocenters. The minimum atomic E-state index is -3.98. The Balaban J connectivity index is 0.950. The van der Waals surface area contributed by atoms with Gasteiger partial charge in [0.25, 0.3) is 0 Å². The van der Waals surface area contributed by atoms with Gasteiger partial charge in [0.1, 0.15) is 6.04 Å². The van der Waals surface area contributed by atoms with Crippen LogP contribution >= 0.6 is 11.6 Å². The second kappa shape index (κ2) is 20.5. The van der Waals surface area contributed by atoms with Crippen molar-refractivity contribution >= 4 is 27.5 Å². The Labute approximate surface area is 387 Å². The van der Waals surface area contributed by atoms with E-state index in [0.717, 1.165) is 50.1 Å². The molecule has 1 amide bonds. The van der Waals surface area contributed by atoms with Gasteiger partial charge in [-0.25, -0.2) is 8.42 Å². The van der Waals surface area contributed by atoms with E-state index in [9.17, 15) is 23.4 Å². The van der Waals surface area contributed by atoms with E-state index < -0.39 is 33.9 Å². The number of aryl methyl sites for hydroxylation is 1. The van der Waals surface area contributed by atoms with Gasteiger partial charge in [-0.3, -0.25) is 4.79 Å². The number of nitrogens with one attached hydrogen (secondary N) is 2. The molecule has 2 fully saturated rings. The van der Waals surface area contributed by atoms with Crippen LogP contribution in [0.2, 0.25) is 5.02 Å². The number of benzene rings is 6. The number of aliphatic hydroxyl groups is 2. The van der Waals surface area contributed by atoms with Gasteiger partial charge < -0.3 is 29.9 Å². The van der Waals surface area contributed by atoms with E-state index >= 15 is 0 Å². The number of aliphatic hydroxyl groups excluding tert-OH is 1. The number of hydrogen-bond acceptors (Lipinski definition) is 8. The van der Waals surface area contributed by atoms with Gasteiger partial charge in [-0.2, -0.15) is 4.72 Å². The van der Waals surface area contributed by atoms with Crippen molar-refractivity contribution in [3.8, 4) is 11.1 Å². The van der Waals surface area contributed by atoms with Gasteiger partial charge in [-0.15, -0.1) is 0 Å². The monoisotopic (exact) mass is 913 g/mol. The first-order chi connectivity index (χ1) is 31.4. The summed E-state index contributed by atoms with van der Waals surface area (Å²) in [6, 6.07) is 46.2. The van der Waals surface area contributed by atoms with Crippen molar-refractivity contribution in [1.29, 1.82) is 0 Å². The number of nitrogens with zero attached hydrogens (tertiary/aromatic N) is 1. The van der Waals surface area contributed by atoms with Crippen LogP contribution in [0.25, 0.3) is 11.1 Å². The number of likely N-dealkylation sites (tertiary alicyclic amines) is 1. The molecule has 6 aromatic carbocycles. The maximum atomic E-state index is 13.7. The second-order valence-electron chi connectivity index (χ2n) is 17.4. The molecule has 8 rings (SSSR count). The van der Waals surface area contributed by atoms with E-state index in [1.54, 1.807) is 12.1 Å². The first-order valence-corrected chi connectivity index (χ1v) is 24.0. The predicted molar refractivity (Wildman–Crippen MR) is 253 cm³/mol. The fourth-order valence-corrected chi connectivity index (χ4v) is 10.1. The topological polar surface area (TPSA) is 137 Å². The van der Waals surface area contributed by atoms with Crippen LogP contribution in [0.5, 0.6) is 0 Å². The Morgan fingerprint density at radius 1 is 0.785 bits per heavy atom. The molecule has 10 nitrogen and oxygen atoms in total. The number of hydrogen-bond donors (Lipinski definition) is 4. The van der Waals surface area contributed by atoms with Crippen LogP contribution in [0.1, 0.15) is 71.1 Å². The normalized spacial score (nSPS) is 20.5. The minimum absolute atomic E-state index is 0.00722. The van der Waals surface area contributed by atoms with E-state index in [4.69, 9.17) is 21.1 Å². The fraction of sp³-hybridized carbons (Fsp3) is 0.302. The van der Waals surface area contributed by atoms with E-state index in [2.05, 4.69) is 21.9 Å². The van der Waals surface area contributed by atoms with Crippen molar-refractivity contribution < 1.29 is 32.9 Å². The number of halogens is 1. The number of carbonyl (C=O) groups is 1. The number of amides is 1. The number of rotatable bonds is 15. The lowest BCUT2D eigenvalue weighted by molar-refractivity contribution is -0.277. The molecule has 0 saturated carbocycles. The average molecular weight is 915 g/mol. The minimum Gasteiger partial charge on any atom is -0.392 e. The largest absolute Gasteiger partial charge is 0.392 e. The molecule has 65 heavy (non-hydrogen) atoms. The maximum Gasteiger partial charge on any atom is 0.241 e. The van der Waals surface area contributed by atoms with Gasteiger partial charge in [-0.1, -0.05) is 145 Å². The van der Waals surface area contributed by atoms with E-state index in [0.29, 0.717) is 37.5 Å². The third-order valence-electron chi connectivity index (χ3n) is 12.8. The summed E-state index contributed by atoms with van der Waals surface area (Å²) in [5, 5.41) is 24.9. The Morgan fingerprint density at radius 2 is 1.45 bits per heavy atom. The van der Waals surface area contributed by atoms with Gasteiger partial charge in [0.15, 0.2) is 6.29 Å². The molecule has 6 aromatic rings. The molecule has 338 valence electrons. The summed E-state index contributed by atoms with van der Waals surface area (Å²) < 4.78 is 43.0.